The Morgan fingerprint density at radius 1 is 1.21 bits per heavy atom. The topological polar surface area (TPSA) is 89.3 Å². The number of anilines is 1. The van der Waals surface area contributed by atoms with Gasteiger partial charge in [-0.2, -0.15) is 0 Å². The van der Waals surface area contributed by atoms with Gasteiger partial charge in [-0.05, 0) is 61.7 Å². The molecule has 0 saturated heterocycles. The molecule has 0 radical (unpaired) electrons. The molecular formula is C21H22N2O4S. The molecule has 1 aliphatic carbocycles. The van der Waals surface area contributed by atoms with Gasteiger partial charge >= 0.3 is 0 Å². The van der Waals surface area contributed by atoms with Crippen LogP contribution in [0.5, 0.6) is 0 Å². The van der Waals surface area contributed by atoms with Crippen molar-refractivity contribution in [3.63, 3.8) is 0 Å². The minimum absolute atomic E-state index is 0.0381. The predicted molar refractivity (Wildman–Crippen MR) is 108 cm³/mol. The molecule has 0 bridgehead atoms. The number of aryl methyl sites for hydroxylation is 1. The molecule has 1 heterocycles. The summed E-state index contributed by atoms with van der Waals surface area (Å²) in [7, 11) is -3.30. The van der Waals surface area contributed by atoms with E-state index >= 15 is 0 Å². The highest BCUT2D eigenvalue weighted by atomic mass is 32.2. The summed E-state index contributed by atoms with van der Waals surface area (Å²) in [6.07, 6.45) is 3.04. The first-order chi connectivity index (χ1) is 13.4. The van der Waals surface area contributed by atoms with Crippen LogP contribution in [0.1, 0.15) is 31.7 Å². The van der Waals surface area contributed by atoms with Crippen LogP contribution in [0.15, 0.2) is 45.7 Å². The lowest BCUT2D eigenvalue weighted by Gasteiger charge is -2.24. The molecule has 1 aromatic heterocycles. The van der Waals surface area contributed by atoms with Gasteiger partial charge in [-0.3, -0.25) is 4.79 Å². The third-order valence-corrected chi connectivity index (χ3v) is 7.04. The second-order valence-electron chi connectivity index (χ2n) is 7.20. The Kier molecular flexibility index (Phi) is 4.71. The van der Waals surface area contributed by atoms with Crippen molar-refractivity contribution < 1.29 is 17.6 Å². The minimum atomic E-state index is -3.30. The lowest BCUT2D eigenvalue weighted by atomic mass is 9.85. The number of hydrogen-bond acceptors (Lipinski definition) is 5. The number of nitrogens with one attached hydrogen (secondary N) is 1. The van der Waals surface area contributed by atoms with Crippen LogP contribution >= 0.6 is 0 Å². The summed E-state index contributed by atoms with van der Waals surface area (Å²) >= 11 is 0. The SMILES string of the molecule is CCS(=O)(=O)c1ccc2oc(-c3ccc(NC(=O)C4CCC4)c(C)c3)nc2c1. The van der Waals surface area contributed by atoms with Crippen molar-refractivity contribution in [2.75, 3.05) is 11.1 Å². The fraction of sp³-hybridized carbons (Fsp3) is 0.333. The number of amides is 1. The third kappa shape index (κ3) is 3.42. The van der Waals surface area contributed by atoms with Crippen LogP contribution in [0.4, 0.5) is 5.69 Å². The van der Waals surface area contributed by atoms with Crippen LogP contribution in [0.25, 0.3) is 22.6 Å². The van der Waals surface area contributed by atoms with Gasteiger partial charge in [-0.25, -0.2) is 13.4 Å². The molecule has 1 N–H and O–H groups in total. The summed E-state index contributed by atoms with van der Waals surface area (Å²) < 4.78 is 29.9. The van der Waals surface area contributed by atoms with Crippen molar-refractivity contribution in [1.82, 2.24) is 4.98 Å². The monoisotopic (exact) mass is 398 g/mol. The number of carbonyl (C=O) groups is 1. The van der Waals surface area contributed by atoms with Crippen molar-refractivity contribution in [3.05, 3.63) is 42.0 Å². The molecule has 0 aliphatic heterocycles. The number of oxazole rings is 1. The number of aromatic nitrogens is 1. The zero-order valence-electron chi connectivity index (χ0n) is 15.9. The van der Waals surface area contributed by atoms with E-state index in [0.717, 1.165) is 36.1 Å². The number of sulfone groups is 1. The highest BCUT2D eigenvalue weighted by Gasteiger charge is 2.25. The fourth-order valence-electron chi connectivity index (χ4n) is 3.23. The Morgan fingerprint density at radius 2 is 2.00 bits per heavy atom. The van der Waals surface area contributed by atoms with Crippen molar-refractivity contribution in [3.8, 4) is 11.5 Å². The van der Waals surface area contributed by atoms with Gasteiger partial charge < -0.3 is 9.73 Å². The largest absolute Gasteiger partial charge is 0.436 e. The number of fused-ring (bicyclic) bond motifs is 1. The normalized spacial score (nSPS) is 14.8. The molecule has 2 aromatic carbocycles. The summed E-state index contributed by atoms with van der Waals surface area (Å²) in [5.41, 5.74) is 3.51. The summed E-state index contributed by atoms with van der Waals surface area (Å²) in [4.78, 5) is 16.9. The van der Waals surface area contributed by atoms with E-state index in [-0.39, 0.29) is 22.5 Å². The third-order valence-electron chi connectivity index (χ3n) is 5.31. The van der Waals surface area contributed by atoms with Gasteiger partial charge in [0.05, 0.1) is 10.6 Å². The minimum Gasteiger partial charge on any atom is -0.436 e. The van der Waals surface area contributed by atoms with E-state index in [0.29, 0.717) is 17.0 Å². The average molecular weight is 398 g/mol. The Morgan fingerprint density at radius 3 is 2.64 bits per heavy atom. The van der Waals surface area contributed by atoms with E-state index < -0.39 is 9.84 Å². The Balaban J connectivity index is 1.62. The standard InChI is InChI=1S/C21H22N2O4S/c1-3-28(25,26)16-8-10-19-18(12-16)23-21(27-19)15-7-9-17(13(2)11-15)22-20(24)14-5-4-6-14/h7-12,14H,3-6H2,1-2H3,(H,22,24). The molecule has 1 saturated carbocycles. The number of carbonyl (C=O) groups excluding carboxylic acids is 1. The molecule has 4 rings (SSSR count). The van der Waals surface area contributed by atoms with Gasteiger partial charge in [0, 0.05) is 17.2 Å². The van der Waals surface area contributed by atoms with E-state index in [2.05, 4.69) is 10.3 Å². The van der Waals surface area contributed by atoms with E-state index in [1.807, 2.05) is 25.1 Å². The van der Waals surface area contributed by atoms with Crippen molar-refractivity contribution >= 4 is 32.5 Å². The molecule has 3 aromatic rings. The van der Waals surface area contributed by atoms with Crippen LogP contribution in [0.3, 0.4) is 0 Å². The molecule has 7 heteroatoms. The van der Waals surface area contributed by atoms with E-state index in [1.54, 1.807) is 25.1 Å². The molecule has 0 atom stereocenters. The number of nitrogens with zero attached hydrogens (tertiary/aromatic N) is 1. The fourth-order valence-corrected chi connectivity index (χ4v) is 4.13. The average Bonchev–Trinajstić information content (AvgIpc) is 3.05. The Hall–Kier alpha value is -2.67. The molecule has 1 fully saturated rings. The lowest BCUT2D eigenvalue weighted by molar-refractivity contribution is -0.122. The summed E-state index contributed by atoms with van der Waals surface area (Å²) in [6, 6.07) is 10.3. The van der Waals surface area contributed by atoms with Crippen LogP contribution in [-0.2, 0) is 14.6 Å². The Bertz CT molecular complexity index is 1160. The van der Waals surface area contributed by atoms with Crippen LogP contribution in [-0.4, -0.2) is 25.1 Å². The maximum atomic E-state index is 12.2. The Labute approximate surface area is 163 Å². The van der Waals surface area contributed by atoms with E-state index in [1.165, 1.54) is 0 Å². The van der Waals surface area contributed by atoms with Gasteiger partial charge in [0.2, 0.25) is 11.8 Å². The van der Waals surface area contributed by atoms with Gasteiger partial charge in [-0.15, -0.1) is 0 Å². The highest BCUT2D eigenvalue weighted by molar-refractivity contribution is 7.91. The number of hydrogen-bond donors (Lipinski definition) is 1. The number of rotatable bonds is 5. The van der Waals surface area contributed by atoms with Gasteiger partial charge in [0.25, 0.3) is 0 Å². The van der Waals surface area contributed by atoms with Crippen molar-refractivity contribution in [2.24, 2.45) is 5.92 Å². The van der Waals surface area contributed by atoms with Crippen molar-refractivity contribution in [1.29, 1.82) is 0 Å². The molecule has 0 spiro atoms. The zero-order valence-corrected chi connectivity index (χ0v) is 16.7. The van der Waals surface area contributed by atoms with Crippen LogP contribution in [0, 0.1) is 12.8 Å². The second kappa shape index (κ2) is 7.05. The molecule has 1 aliphatic rings. The molecule has 0 unspecified atom stereocenters. The van der Waals surface area contributed by atoms with Gasteiger partial charge in [-0.1, -0.05) is 13.3 Å². The van der Waals surface area contributed by atoms with Crippen LogP contribution < -0.4 is 5.32 Å². The first-order valence-corrected chi connectivity index (χ1v) is 11.1. The predicted octanol–water partition coefficient (Wildman–Crippen LogP) is 4.34. The summed E-state index contributed by atoms with van der Waals surface area (Å²) in [5.74, 6) is 0.663. The maximum absolute atomic E-state index is 12.2. The summed E-state index contributed by atoms with van der Waals surface area (Å²) in [6.45, 7) is 3.54. The molecule has 1 amide bonds. The quantitative estimate of drug-likeness (QED) is 0.691. The van der Waals surface area contributed by atoms with Crippen molar-refractivity contribution in [2.45, 2.75) is 38.0 Å². The smallest absolute Gasteiger partial charge is 0.227 e. The van der Waals surface area contributed by atoms with E-state index in [4.69, 9.17) is 4.42 Å². The molecule has 6 nitrogen and oxygen atoms in total. The van der Waals surface area contributed by atoms with Gasteiger partial charge in [0.1, 0.15) is 5.52 Å². The first-order valence-electron chi connectivity index (χ1n) is 9.42. The molecule has 28 heavy (non-hydrogen) atoms. The van der Waals surface area contributed by atoms with E-state index in [9.17, 15) is 13.2 Å². The first kappa shape index (κ1) is 18.7. The zero-order chi connectivity index (χ0) is 19.9. The number of benzene rings is 2. The highest BCUT2D eigenvalue weighted by Crippen LogP contribution is 2.31. The van der Waals surface area contributed by atoms with Gasteiger partial charge in [0.15, 0.2) is 15.4 Å². The van der Waals surface area contributed by atoms with Crippen LogP contribution in [0.2, 0.25) is 0 Å². The maximum Gasteiger partial charge on any atom is 0.227 e. The lowest BCUT2D eigenvalue weighted by Crippen LogP contribution is -2.28. The molecular weight excluding hydrogens is 376 g/mol. The second-order valence-corrected chi connectivity index (χ2v) is 9.48. The summed E-state index contributed by atoms with van der Waals surface area (Å²) in [5, 5.41) is 2.99. The molecule has 146 valence electrons.